The van der Waals surface area contributed by atoms with Crippen LogP contribution < -0.4 is 0 Å². The Bertz CT molecular complexity index is 3450. The third-order valence-corrected chi connectivity index (χ3v) is 11.5. The van der Waals surface area contributed by atoms with Gasteiger partial charge in [0.25, 0.3) is 0 Å². The minimum absolute atomic E-state index is 0.828. The van der Waals surface area contributed by atoms with E-state index in [9.17, 15) is 0 Å². The van der Waals surface area contributed by atoms with E-state index in [2.05, 4.69) is 170 Å². The second kappa shape index (κ2) is 11.2. The van der Waals surface area contributed by atoms with Crippen LogP contribution in [0.25, 0.3) is 104 Å². The summed E-state index contributed by atoms with van der Waals surface area (Å²) in [6, 6.07) is 57.3. The van der Waals surface area contributed by atoms with Gasteiger partial charge >= 0.3 is 0 Å². The molecule has 5 heteroatoms. The fourth-order valence-electron chi connectivity index (χ4n) is 9.15. The minimum atomic E-state index is 0.828. The van der Waals surface area contributed by atoms with Crippen LogP contribution in [0.15, 0.2) is 175 Å². The molecular weight excluding hydrogens is 661 g/mol. The summed E-state index contributed by atoms with van der Waals surface area (Å²) in [6.07, 6.45) is 3.67. The molecule has 12 aromatic rings. The van der Waals surface area contributed by atoms with Crippen molar-refractivity contribution in [2.24, 2.45) is 0 Å². The second-order valence-corrected chi connectivity index (χ2v) is 14.3. The van der Waals surface area contributed by atoms with Crippen molar-refractivity contribution in [2.45, 2.75) is 13.1 Å². The van der Waals surface area contributed by atoms with Crippen LogP contribution in [0.4, 0.5) is 0 Å². The highest BCUT2D eigenvalue weighted by atomic mass is 16.3. The first kappa shape index (κ1) is 29.5. The van der Waals surface area contributed by atoms with E-state index in [1.54, 1.807) is 6.20 Å². The molecule has 0 amide bonds. The van der Waals surface area contributed by atoms with Crippen LogP contribution in [0.5, 0.6) is 0 Å². The topological polar surface area (TPSA) is 40.8 Å². The van der Waals surface area contributed by atoms with Crippen molar-refractivity contribution in [1.82, 2.24) is 18.7 Å². The van der Waals surface area contributed by atoms with Gasteiger partial charge in [0.05, 0.1) is 16.6 Å². The molecule has 0 saturated carbocycles. The fraction of sp³-hybridized carbons (Fsp3) is 0.0408. The summed E-state index contributed by atoms with van der Waals surface area (Å²) in [7, 11) is 0. The van der Waals surface area contributed by atoms with Crippen molar-refractivity contribution in [3.05, 3.63) is 170 Å². The van der Waals surface area contributed by atoms with Gasteiger partial charge in [-0.25, -0.2) is 0 Å². The minimum Gasteiger partial charge on any atom is -0.456 e. The molecule has 54 heavy (non-hydrogen) atoms. The number of aryl methyl sites for hydroxylation is 2. The SMILES string of the molecule is c1ccc(-n2c3ccccc3c3ccc4c(c5ccccc5n4CCn4c5ccccc5c5cc(-c6ccc7oc8ccncc8c7c6)ccc54)c32)cc1. The maximum absolute atomic E-state index is 6.10. The van der Waals surface area contributed by atoms with E-state index in [-0.39, 0.29) is 0 Å². The van der Waals surface area contributed by atoms with Gasteiger partial charge in [0.15, 0.2) is 0 Å². The van der Waals surface area contributed by atoms with Gasteiger partial charge in [-0.1, -0.05) is 91.0 Å². The van der Waals surface area contributed by atoms with Crippen LogP contribution in [0.3, 0.4) is 0 Å². The van der Waals surface area contributed by atoms with Crippen molar-refractivity contribution in [1.29, 1.82) is 0 Å². The number of rotatable bonds is 5. The van der Waals surface area contributed by atoms with Crippen LogP contribution in [0.2, 0.25) is 0 Å². The summed E-state index contributed by atoms with van der Waals surface area (Å²) in [5, 5.41) is 9.79. The monoisotopic (exact) mass is 692 g/mol. The number of furan rings is 1. The van der Waals surface area contributed by atoms with Gasteiger partial charge in [0, 0.05) is 90.8 Å². The van der Waals surface area contributed by atoms with Crippen molar-refractivity contribution in [3.63, 3.8) is 0 Å². The predicted octanol–water partition coefficient (Wildman–Crippen LogP) is 12.7. The van der Waals surface area contributed by atoms with Crippen LogP contribution >= 0.6 is 0 Å². The molecule has 0 N–H and O–H groups in total. The number of hydrogen-bond acceptors (Lipinski definition) is 2. The number of hydrogen-bond donors (Lipinski definition) is 0. The Kier molecular flexibility index (Phi) is 6.11. The first-order valence-electron chi connectivity index (χ1n) is 18.6. The second-order valence-electron chi connectivity index (χ2n) is 14.3. The lowest BCUT2D eigenvalue weighted by atomic mass is 10.0. The number of aromatic nitrogens is 4. The molecule has 0 bridgehead atoms. The molecule has 5 heterocycles. The molecule has 0 radical (unpaired) electrons. The zero-order valence-electron chi connectivity index (χ0n) is 29.3. The summed E-state index contributed by atoms with van der Waals surface area (Å²) in [5.41, 5.74) is 12.8. The van der Waals surface area contributed by atoms with Crippen LogP contribution in [0.1, 0.15) is 0 Å². The molecule has 0 saturated heterocycles. The Balaban J connectivity index is 1.02. The molecule has 0 atom stereocenters. The summed E-state index contributed by atoms with van der Waals surface area (Å²) >= 11 is 0. The number of pyridine rings is 1. The molecule has 12 rings (SSSR count). The smallest absolute Gasteiger partial charge is 0.138 e. The van der Waals surface area contributed by atoms with E-state index < -0.39 is 0 Å². The highest BCUT2D eigenvalue weighted by Gasteiger charge is 2.21. The lowest BCUT2D eigenvalue weighted by Gasteiger charge is -2.12. The van der Waals surface area contributed by atoms with E-state index in [4.69, 9.17) is 4.42 Å². The molecule has 7 aromatic carbocycles. The first-order chi connectivity index (χ1) is 26.8. The molecule has 5 aromatic heterocycles. The number of nitrogens with zero attached hydrogens (tertiary/aromatic N) is 4. The zero-order valence-corrected chi connectivity index (χ0v) is 29.3. The number of benzene rings is 7. The normalized spacial score (nSPS) is 12.2. The average Bonchev–Trinajstić information content (AvgIpc) is 3.96. The van der Waals surface area contributed by atoms with Crippen LogP contribution in [0, 0.1) is 0 Å². The average molecular weight is 693 g/mol. The Hall–Kier alpha value is -7.11. The first-order valence-corrected chi connectivity index (χ1v) is 18.6. The third kappa shape index (κ3) is 4.12. The lowest BCUT2D eigenvalue weighted by molar-refractivity contribution is 0.631. The van der Waals surface area contributed by atoms with Crippen LogP contribution in [-0.4, -0.2) is 18.7 Å². The third-order valence-electron chi connectivity index (χ3n) is 11.5. The van der Waals surface area contributed by atoms with E-state index in [1.165, 1.54) is 76.7 Å². The van der Waals surface area contributed by atoms with Gasteiger partial charge in [0.2, 0.25) is 0 Å². The molecular formula is C49H32N4O. The molecule has 0 spiro atoms. The highest BCUT2D eigenvalue weighted by Crippen LogP contribution is 2.41. The molecule has 0 fully saturated rings. The number of para-hydroxylation sites is 4. The van der Waals surface area contributed by atoms with E-state index in [1.807, 2.05) is 12.3 Å². The van der Waals surface area contributed by atoms with Crippen molar-refractivity contribution in [3.8, 4) is 16.8 Å². The quantitative estimate of drug-likeness (QED) is 0.180. The van der Waals surface area contributed by atoms with Gasteiger partial charge < -0.3 is 18.1 Å². The lowest BCUT2D eigenvalue weighted by Crippen LogP contribution is -2.07. The van der Waals surface area contributed by atoms with E-state index >= 15 is 0 Å². The van der Waals surface area contributed by atoms with Crippen molar-refractivity contribution in [2.75, 3.05) is 0 Å². The Morgan fingerprint density at radius 3 is 1.83 bits per heavy atom. The molecule has 5 nitrogen and oxygen atoms in total. The van der Waals surface area contributed by atoms with Gasteiger partial charge in [-0.2, -0.15) is 0 Å². The Labute approximate surface area is 309 Å². The summed E-state index contributed by atoms with van der Waals surface area (Å²) in [4.78, 5) is 4.36. The maximum Gasteiger partial charge on any atom is 0.138 e. The van der Waals surface area contributed by atoms with Gasteiger partial charge in [-0.3, -0.25) is 4.98 Å². The van der Waals surface area contributed by atoms with E-state index in [0.29, 0.717) is 0 Å². The molecule has 0 aliphatic rings. The summed E-state index contributed by atoms with van der Waals surface area (Å²) in [5.74, 6) is 0. The van der Waals surface area contributed by atoms with Gasteiger partial charge in [0.1, 0.15) is 11.2 Å². The summed E-state index contributed by atoms with van der Waals surface area (Å²) < 4.78 is 13.6. The van der Waals surface area contributed by atoms with Crippen LogP contribution in [-0.2, 0) is 13.1 Å². The summed E-state index contributed by atoms with van der Waals surface area (Å²) in [6.45, 7) is 1.66. The predicted molar refractivity (Wildman–Crippen MR) is 224 cm³/mol. The zero-order chi connectivity index (χ0) is 35.3. The Morgan fingerprint density at radius 2 is 1.02 bits per heavy atom. The number of fused-ring (bicyclic) bond motifs is 13. The molecule has 254 valence electrons. The van der Waals surface area contributed by atoms with Gasteiger partial charge in [-0.05, 0) is 77.9 Å². The standard InChI is InChI=1S/C49H32N4O/c1-2-10-33(11-3-1)53-44-17-9-5-12-34(44)36-20-22-45-48(49(36)53)37-14-6-8-16-42(37)52(45)27-26-51-41-15-7-4-13-35(41)38-28-31(18-21-43(38)51)32-19-23-46-39(29-32)40-30-50-25-24-47(40)54-46/h1-25,28-30H,26-27H2. The Morgan fingerprint density at radius 1 is 0.426 bits per heavy atom. The fourth-order valence-corrected chi connectivity index (χ4v) is 9.15. The van der Waals surface area contributed by atoms with E-state index in [0.717, 1.165) is 40.6 Å². The van der Waals surface area contributed by atoms with Crippen molar-refractivity contribution < 1.29 is 4.42 Å². The largest absolute Gasteiger partial charge is 0.456 e. The molecule has 0 unspecified atom stereocenters. The van der Waals surface area contributed by atoms with Gasteiger partial charge in [-0.15, -0.1) is 0 Å². The molecule has 0 aliphatic heterocycles. The van der Waals surface area contributed by atoms with Crippen molar-refractivity contribution >= 4 is 87.4 Å². The maximum atomic E-state index is 6.10. The highest BCUT2D eigenvalue weighted by molar-refractivity contribution is 6.25. The molecule has 0 aliphatic carbocycles.